The Morgan fingerprint density at radius 1 is 1.07 bits per heavy atom. The van der Waals surface area contributed by atoms with E-state index >= 15 is 0 Å². The lowest BCUT2D eigenvalue weighted by molar-refractivity contribution is 0.114. The van der Waals surface area contributed by atoms with Crippen LogP contribution in [0.5, 0.6) is 0 Å². The third-order valence-corrected chi connectivity index (χ3v) is 6.09. The van der Waals surface area contributed by atoms with E-state index in [1.54, 1.807) is 0 Å². The van der Waals surface area contributed by atoms with E-state index in [1.165, 1.54) is 56.3 Å². The molecule has 5 nitrogen and oxygen atoms in total. The largest absolute Gasteiger partial charge is 0.381 e. The highest BCUT2D eigenvalue weighted by Crippen LogP contribution is 2.19. The van der Waals surface area contributed by atoms with Gasteiger partial charge in [0.2, 0.25) is 0 Å². The number of guanidine groups is 1. The average molecular weight is 529 g/mol. The molecular weight excluding hydrogens is 487 g/mol. The number of nitrogens with one attached hydrogen (secondary N) is 1. The summed E-state index contributed by atoms with van der Waals surface area (Å²) in [7, 11) is 0. The van der Waals surface area contributed by atoms with Crippen LogP contribution in [0.15, 0.2) is 29.3 Å². The summed E-state index contributed by atoms with van der Waals surface area (Å²) in [6, 6.07) is 8.86. The molecule has 1 aromatic rings. The van der Waals surface area contributed by atoms with Gasteiger partial charge in [-0.15, -0.1) is 24.0 Å². The molecular formula is C24H41IN4O. The van der Waals surface area contributed by atoms with Crippen LogP contribution in [0.25, 0.3) is 0 Å². The number of rotatable bonds is 8. The van der Waals surface area contributed by atoms with Crippen molar-refractivity contribution in [2.75, 3.05) is 45.9 Å². The molecule has 0 aromatic heterocycles. The van der Waals surface area contributed by atoms with Gasteiger partial charge in [-0.25, -0.2) is 4.99 Å². The number of benzene rings is 1. The summed E-state index contributed by atoms with van der Waals surface area (Å²) >= 11 is 0. The molecule has 2 aliphatic rings. The Balaban J connectivity index is 0.00000320. The van der Waals surface area contributed by atoms with Crippen LogP contribution < -0.4 is 5.32 Å². The summed E-state index contributed by atoms with van der Waals surface area (Å²) in [6.07, 6.45) is 6.63. The fourth-order valence-corrected chi connectivity index (χ4v) is 4.43. The van der Waals surface area contributed by atoms with Gasteiger partial charge in [0.15, 0.2) is 5.96 Å². The third kappa shape index (κ3) is 8.00. The first-order valence-corrected chi connectivity index (χ1v) is 11.7. The summed E-state index contributed by atoms with van der Waals surface area (Å²) in [5.41, 5.74) is 2.79. The lowest BCUT2D eigenvalue weighted by atomic mass is 10.1. The number of ether oxygens (including phenoxy) is 1. The Hall–Kier alpha value is -0.860. The van der Waals surface area contributed by atoms with Crippen molar-refractivity contribution in [1.29, 1.82) is 0 Å². The van der Waals surface area contributed by atoms with E-state index in [1.807, 2.05) is 0 Å². The third-order valence-electron chi connectivity index (χ3n) is 6.09. The van der Waals surface area contributed by atoms with Gasteiger partial charge in [0.1, 0.15) is 0 Å². The monoisotopic (exact) mass is 528 g/mol. The van der Waals surface area contributed by atoms with Crippen molar-refractivity contribution >= 4 is 29.9 Å². The van der Waals surface area contributed by atoms with Crippen molar-refractivity contribution in [3.8, 4) is 0 Å². The van der Waals surface area contributed by atoms with Crippen LogP contribution >= 0.6 is 24.0 Å². The molecule has 6 heteroatoms. The maximum absolute atomic E-state index is 5.64. The number of aliphatic imine (C=N–C) groups is 1. The number of hydrogen-bond donors (Lipinski definition) is 1. The van der Waals surface area contributed by atoms with Gasteiger partial charge in [-0.05, 0) is 57.3 Å². The highest BCUT2D eigenvalue weighted by Gasteiger charge is 2.25. The molecule has 30 heavy (non-hydrogen) atoms. The molecule has 1 aromatic carbocycles. The molecule has 1 N–H and O–H groups in total. The van der Waals surface area contributed by atoms with Gasteiger partial charge in [0, 0.05) is 38.7 Å². The summed E-state index contributed by atoms with van der Waals surface area (Å²) in [6.45, 7) is 13.2. The second-order valence-electron chi connectivity index (χ2n) is 8.39. The van der Waals surface area contributed by atoms with Crippen molar-refractivity contribution in [2.24, 2.45) is 10.9 Å². The van der Waals surface area contributed by atoms with Crippen LogP contribution in [-0.2, 0) is 17.8 Å². The number of hydrogen-bond acceptors (Lipinski definition) is 3. The van der Waals surface area contributed by atoms with E-state index in [0.717, 1.165) is 51.9 Å². The minimum atomic E-state index is 0. The highest BCUT2D eigenvalue weighted by atomic mass is 127. The molecule has 0 radical (unpaired) electrons. The zero-order valence-electron chi connectivity index (χ0n) is 18.9. The molecule has 0 saturated carbocycles. The van der Waals surface area contributed by atoms with Crippen LogP contribution in [0.2, 0.25) is 0 Å². The molecule has 2 fully saturated rings. The summed E-state index contributed by atoms with van der Waals surface area (Å²) < 4.78 is 5.64. The maximum Gasteiger partial charge on any atom is 0.194 e. The van der Waals surface area contributed by atoms with Gasteiger partial charge >= 0.3 is 0 Å². The molecule has 0 spiro atoms. The quantitative estimate of drug-likeness (QED) is 0.307. The first kappa shape index (κ1) is 25.4. The molecule has 1 atom stereocenters. The smallest absolute Gasteiger partial charge is 0.194 e. The molecule has 2 heterocycles. The molecule has 2 saturated heterocycles. The van der Waals surface area contributed by atoms with Gasteiger partial charge < -0.3 is 15.0 Å². The average Bonchev–Trinajstić information content (AvgIpc) is 3.06. The van der Waals surface area contributed by atoms with Crippen LogP contribution in [-0.4, -0.2) is 61.7 Å². The van der Waals surface area contributed by atoms with Gasteiger partial charge in [-0.3, -0.25) is 4.90 Å². The van der Waals surface area contributed by atoms with Crippen molar-refractivity contribution in [3.63, 3.8) is 0 Å². The first-order valence-electron chi connectivity index (χ1n) is 11.7. The molecule has 170 valence electrons. The topological polar surface area (TPSA) is 40.1 Å². The summed E-state index contributed by atoms with van der Waals surface area (Å²) in [5.74, 6) is 1.67. The molecule has 0 bridgehead atoms. The second-order valence-corrected chi connectivity index (χ2v) is 8.39. The van der Waals surface area contributed by atoms with Crippen molar-refractivity contribution < 1.29 is 4.74 Å². The SMILES string of the molecule is CCNC(=NCc1ccccc1CN1CCCCCC1)N1CCC(COCC)C1.I. The fourth-order valence-electron chi connectivity index (χ4n) is 4.43. The molecule has 1 unspecified atom stereocenters. The van der Waals surface area contributed by atoms with E-state index in [9.17, 15) is 0 Å². The molecule has 2 aliphatic heterocycles. The van der Waals surface area contributed by atoms with Crippen molar-refractivity contribution in [2.45, 2.75) is 59.0 Å². The summed E-state index contributed by atoms with van der Waals surface area (Å²) in [4.78, 5) is 10.1. The van der Waals surface area contributed by atoms with E-state index in [0.29, 0.717) is 5.92 Å². The Bertz CT molecular complexity index is 631. The van der Waals surface area contributed by atoms with Crippen LogP contribution in [0.3, 0.4) is 0 Å². The molecule has 3 rings (SSSR count). The summed E-state index contributed by atoms with van der Waals surface area (Å²) in [5, 5.41) is 3.51. The van der Waals surface area contributed by atoms with Gasteiger partial charge in [-0.1, -0.05) is 37.1 Å². The minimum absolute atomic E-state index is 0. The second kappa shape index (κ2) is 14.2. The zero-order valence-corrected chi connectivity index (χ0v) is 21.3. The van der Waals surface area contributed by atoms with Crippen LogP contribution in [0, 0.1) is 5.92 Å². The van der Waals surface area contributed by atoms with Gasteiger partial charge in [-0.2, -0.15) is 0 Å². The Morgan fingerprint density at radius 2 is 1.80 bits per heavy atom. The van der Waals surface area contributed by atoms with Gasteiger partial charge in [0.25, 0.3) is 0 Å². The Morgan fingerprint density at radius 3 is 2.50 bits per heavy atom. The predicted octanol–water partition coefficient (Wildman–Crippen LogP) is 4.50. The van der Waals surface area contributed by atoms with E-state index in [4.69, 9.17) is 9.73 Å². The Labute approximate surface area is 200 Å². The standard InChI is InChI=1S/C24H40N4O.HI/c1-3-25-24(28-16-13-21(18-28)20-29-4-2)26-17-22-11-7-8-12-23(22)19-27-14-9-5-6-10-15-27;/h7-8,11-12,21H,3-6,9-10,13-20H2,1-2H3,(H,25,26);1H. The van der Waals surface area contributed by atoms with E-state index < -0.39 is 0 Å². The predicted molar refractivity (Wildman–Crippen MR) is 137 cm³/mol. The highest BCUT2D eigenvalue weighted by molar-refractivity contribution is 14.0. The first-order chi connectivity index (χ1) is 14.3. The molecule has 0 aliphatic carbocycles. The van der Waals surface area contributed by atoms with Gasteiger partial charge in [0.05, 0.1) is 13.2 Å². The lowest BCUT2D eigenvalue weighted by Crippen LogP contribution is -2.40. The lowest BCUT2D eigenvalue weighted by Gasteiger charge is -2.23. The van der Waals surface area contributed by atoms with E-state index in [-0.39, 0.29) is 24.0 Å². The van der Waals surface area contributed by atoms with Crippen molar-refractivity contribution in [1.82, 2.24) is 15.1 Å². The maximum atomic E-state index is 5.64. The van der Waals surface area contributed by atoms with E-state index in [2.05, 4.69) is 53.2 Å². The normalized spacial score (nSPS) is 20.7. The fraction of sp³-hybridized carbons (Fsp3) is 0.708. The van der Waals surface area contributed by atoms with Crippen LogP contribution in [0.1, 0.15) is 57.1 Å². The Kier molecular flexibility index (Phi) is 12.1. The minimum Gasteiger partial charge on any atom is -0.381 e. The number of likely N-dealkylation sites (tertiary alicyclic amines) is 2. The van der Waals surface area contributed by atoms with Crippen LogP contribution in [0.4, 0.5) is 0 Å². The molecule has 0 amide bonds. The zero-order chi connectivity index (χ0) is 20.3. The number of nitrogens with zero attached hydrogens (tertiary/aromatic N) is 3. The number of halogens is 1. The van der Waals surface area contributed by atoms with Crippen molar-refractivity contribution in [3.05, 3.63) is 35.4 Å².